The molecule has 2 spiro atoms. The van der Waals surface area contributed by atoms with E-state index in [1.54, 1.807) is 0 Å². The summed E-state index contributed by atoms with van der Waals surface area (Å²) in [5.74, 6) is 0. The van der Waals surface area contributed by atoms with Crippen molar-refractivity contribution >= 4 is 31.5 Å². The fourth-order valence-corrected chi connectivity index (χ4v) is 12.6. The quantitative estimate of drug-likeness (QED) is 0.166. The van der Waals surface area contributed by atoms with E-state index in [1.807, 2.05) is 11.3 Å². The van der Waals surface area contributed by atoms with Gasteiger partial charge in [0.15, 0.2) is 0 Å². The molecule has 0 aliphatic heterocycles. The second kappa shape index (κ2) is 11.4. The first-order chi connectivity index (χ1) is 28.3. The first-order valence-electron chi connectivity index (χ1n) is 19.9. The highest BCUT2D eigenvalue weighted by atomic mass is 32.1. The van der Waals surface area contributed by atoms with Crippen LogP contribution in [-0.4, -0.2) is 0 Å². The van der Waals surface area contributed by atoms with E-state index in [2.05, 4.69) is 206 Å². The first kappa shape index (κ1) is 31.4. The molecule has 0 amide bonds. The lowest BCUT2D eigenvalue weighted by molar-refractivity contribution is 0.634. The Morgan fingerprint density at radius 2 is 0.649 bits per heavy atom. The molecule has 1 heteroatoms. The van der Waals surface area contributed by atoms with Crippen LogP contribution in [-0.2, 0) is 10.8 Å². The molecule has 9 aromatic carbocycles. The number of thiophene rings is 1. The minimum atomic E-state index is -0.533. The Balaban J connectivity index is 1.14. The number of hydrogen-bond acceptors (Lipinski definition) is 1. The predicted molar refractivity (Wildman–Crippen MR) is 238 cm³/mol. The van der Waals surface area contributed by atoms with E-state index in [9.17, 15) is 0 Å². The smallest absolute Gasteiger partial charge is 0.0725 e. The van der Waals surface area contributed by atoms with E-state index in [1.165, 1.54) is 109 Å². The molecule has 57 heavy (non-hydrogen) atoms. The zero-order valence-electron chi connectivity index (χ0n) is 31.0. The molecule has 0 N–H and O–H groups in total. The first-order valence-corrected chi connectivity index (χ1v) is 20.7. The van der Waals surface area contributed by atoms with E-state index >= 15 is 0 Å². The summed E-state index contributed by atoms with van der Waals surface area (Å²) >= 11 is 1.89. The van der Waals surface area contributed by atoms with Crippen molar-refractivity contribution in [2.75, 3.05) is 0 Å². The largest absolute Gasteiger partial charge is 0.135 e. The minimum absolute atomic E-state index is 0.496. The summed E-state index contributed by atoms with van der Waals surface area (Å²) in [4.78, 5) is 0. The average Bonchev–Trinajstić information content (AvgIpc) is 3.91. The lowest BCUT2D eigenvalue weighted by atomic mass is 9.51. The minimum Gasteiger partial charge on any atom is -0.135 e. The molecule has 0 unspecified atom stereocenters. The van der Waals surface area contributed by atoms with Gasteiger partial charge in [0, 0.05) is 20.2 Å². The zero-order chi connectivity index (χ0) is 37.3. The van der Waals surface area contributed by atoms with Gasteiger partial charge in [0.05, 0.1) is 10.8 Å². The number of hydrogen-bond donors (Lipinski definition) is 0. The Hall–Kier alpha value is -6.80. The van der Waals surface area contributed by atoms with Gasteiger partial charge in [-0.05, 0) is 95.1 Å². The van der Waals surface area contributed by atoms with E-state index in [0.717, 1.165) is 0 Å². The van der Waals surface area contributed by atoms with Crippen LogP contribution in [0.2, 0.25) is 0 Å². The van der Waals surface area contributed by atoms with E-state index in [4.69, 9.17) is 0 Å². The Kier molecular flexibility index (Phi) is 6.27. The van der Waals surface area contributed by atoms with Gasteiger partial charge in [-0.25, -0.2) is 0 Å². The van der Waals surface area contributed by atoms with Crippen molar-refractivity contribution in [2.45, 2.75) is 10.8 Å². The standard InChI is InChI=1S/C56H34S/c1-6-23-45-39(15-1)40-16-2-7-24-46(40)55(45)49-27-10-11-28-50(49)56(47-25-8-3-17-41(47)42-18-4-9-26-48(42)56)53-37(20-14-29-51(53)55)35-31-33-36(34-32-35)38-21-13-22-44-43-19-5-12-30-52(43)57-54(38)44/h1-34H. The monoisotopic (exact) mass is 738 g/mol. The Bertz CT molecular complexity index is 3210. The Morgan fingerprint density at radius 3 is 1.25 bits per heavy atom. The topological polar surface area (TPSA) is 0 Å². The zero-order valence-corrected chi connectivity index (χ0v) is 31.9. The van der Waals surface area contributed by atoms with E-state index in [-0.39, 0.29) is 0 Å². The molecule has 0 fully saturated rings. The van der Waals surface area contributed by atoms with Crippen LogP contribution in [0.3, 0.4) is 0 Å². The molecule has 0 saturated heterocycles. The number of benzene rings is 9. The van der Waals surface area contributed by atoms with Gasteiger partial charge in [-0.3, -0.25) is 0 Å². The lowest BCUT2D eigenvalue weighted by Gasteiger charge is -2.49. The molecule has 264 valence electrons. The highest BCUT2D eigenvalue weighted by Crippen LogP contribution is 2.68. The van der Waals surface area contributed by atoms with E-state index in [0.29, 0.717) is 0 Å². The molecule has 3 aliphatic carbocycles. The van der Waals surface area contributed by atoms with Crippen LogP contribution in [0.5, 0.6) is 0 Å². The molecule has 0 saturated carbocycles. The molecule has 13 rings (SSSR count). The third-order valence-electron chi connectivity index (χ3n) is 13.4. The van der Waals surface area contributed by atoms with Crippen LogP contribution in [0.1, 0.15) is 44.5 Å². The molecule has 0 bridgehead atoms. The van der Waals surface area contributed by atoms with Crippen molar-refractivity contribution < 1.29 is 0 Å². The van der Waals surface area contributed by atoms with Gasteiger partial charge in [0.25, 0.3) is 0 Å². The normalized spacial score (nSPS) is 14.6. The Labute approximate surface area is 336 Å². The van der Waals surface area contributed by atoms with Gasteiger partial charge < -0.3 is 0 Å². The van der Waals surface area contributed by atoms with Crippen LogP contribution in [0.15, 0.2) is 206 Å². The molecule has 10 aromatic rings. The van der Waals surface area contributed by atoms with Crippen molar-refractivity contribution in [3.05, 3.63) is 251 Å². The van der Waals surface area contributed by atoms with Gasteiger partial charge >= 0.3 is 0 Å². The molecule has 0 nitrogen and oxygen atoms in total. The highest BCUT2D eigenvalue weighted by Gasteiger charge is 2.59. The van der Waals surface area contributed by atoms with Gasteiger partial charge in [-0.1, -0.05) is 200 Å². The fraction of sp³-hybridized carbons (Fsp3) is 0.0357. The summed E-state index contributed by atoms with van der Waals surface area (Å²) in [5, 5.41) is 2.66. The molecule has 1 aromatic heterocycles. The van der Waals surface area contributed by atoms with Crippen molar-refractivity contribution in [3.63, 3.8) is 0 Å². The summed E-state index contributed by atoms with van der Waals surface area (Å²) in [6.45, 7) is 0. The van der Waals surface area contributed by atoms with Crippen LogP contribution >= 0.6 is 11.3 Å². The molecule has 1 heterocycles. The fourth-order valence-electron chi connectivity index (χ4n) is 11.3. The average molecular weight is 739 g/mol. The number of rotatable bonds is 2. The SMILES string of the molecule is c1ccc2c(c1)-c1ccccc1C21c2ccccc2C2(c3ccccc3-c3ccccc32)c2c(-c3ccc(-c4cccc5c4sc4ccccc45)cc3)cccc21. The summed E-state index contributed by atoms with van der Waals surface area (Å²) in [6.07, 6.45) is 0. The second-order valence-corrected chi connectivity index (χ2v) is 16.9. The molecular weight excluding hydrogens is 705 g/mol. The summed E-state index contributed by atoms with van der Waals surface area (Å²) in [5.41, 5.74) is 20.2. The van der Waals surface area contributed by atoms with Crippen LogP contribution in [0.4, 0.5) is 0 Å². The van der Waals surface area contributed by atoms with Gasteiger partial charge in [0.2, 0.25) is 0 Å². The van der Waals surface area contributed by atoms with Crippen LogP contribution in [0.25, 0.3) is 64.7 Å². The molecular formula is C56H34S. The van der Waals surface area contributed by atoms with Crippen molar-refractivity contribution in [3.8, 4) is 44.5 Å². The second-order valence-electron chi connectivity index (χ2n) is 15.8. The van der Waals surface area contributed by atoms with Crippen molar-refractivity contribution in [2.24, 2.45) is 0 Å². The third-order valence-corrected chi connectivity index (χ3v) is 14.6. The maximum atomic E-state index is 2.45. The Morgan fingerprint density at radius 1 is 0.263 bits per heavy atom. The molecule has 0 radical (unpaired) electrons. The summed E-state index contributed by atoms with van der Waals surface area (Å²) in [7, 11) is 0. The van der Waals surface area contributed by atoms with Crippen LogP contribution < -0.4 is 0 Å². The van der Waals surface area contributed by atoms with E-state index < -0.39 is 10.8 Å². The summed E-state index contributed by atoms with van der Waals surface area (Å²) in [6, 6.07) is 78.2. The maximum absolute atomic E-state index is 2.45. The highest BCUT2D eigenvalue weighted by molar-refractivity contribution is 7.26. The van der Waals surface area contributed by atoms with Crippen LogP contribution in [0, 0.1) is 0 Å². The van der Waals surface area contributed by atoms with Gasteiger partial charge in [0.1, 0.15) is 0 Å². The maximum Gasteiger partial charge on any atom is 0.0725 e. The van der Waals surface area contributed by atoms with Crippen molar-refractivity contribution in [1.82, 2.24) is 0 Å². The molecule has 0 atom stereocenters. The lowest BCUT2D eigenvalue weighted by Crippen LogP contribution is -2.44. The predicted octanol–water partition coefficient (Wildman–Crippen LogP) is 14.4. The molecule has 3 aliphatic rings. The number of fused-ring (bicyclic) bond motifs is 19. The third kappa shape index (κ3) is 3.83. The van der Waals surface area contributed by atoms with Gasteiger partial charge in [-0.15, -0.1) is 11.3 Å². The van der Waals surface area contributed by atoms with Gasteiger partial charge in [-0.2, -0.15) is 0 Å². The summed E-state index contributed by atoms with van der Waals surface area (Å²) < 4.78 is 2.68. The van der Waals surface area contributed by atoms with Crippen molar-refractivity contribution in [1.29, 1.82) is 0 Å².